The molecule has 4 nitrogen and oxygen atoms in total. The first-order valence-electron chi connectivity index (χ1n) is 6.09. The topological polar surface area (TPSA) is 45.6 Å². The summed E-state index contributed by atoms with van der Waals surface area (Å²) in [6, 6.07) is 0. The van der Waals surface area contributed by atoms with E-state index in [9.17, 15) is 5.11 Å². The predicted molar refractivity (Wildman–Crippen MR) is 69.6 cm³/mol. The smallest absolute Gasteiger partial charge is 0.185 e. The quantitative estimate of drug-likeness (QED) is 0.895. The Morgan fingerprint density at radius 1 is 1.59 bits per heavy atom. The van der Waals surface area contributed by atoms with Crippen LogP contribution in [-0.2, 0) is 4.74 Å². The second-order valence-electron chi connectivity index (χ2n) is 4.67. The van der Waals surface area contributed by atoms with Gasteiger partial charge in [0.1, 0.15) is 0 Å². The molecule has 0 radical (unpaired) electrons. The van der Waals surface area contributed by atoms with Gasteiger partial charge in [-0.2, -0.15) is 0 Å². The van der Waals surface area contributed by atoms with Crippen LogP contribution in [0.1, 0.15) is 31.6 Å². The largest absolute Gasteiger partial charge is 0.387 e. The first-order chi connectivity index (χ1) is 8.16. The highest BCUT2D eigenvalue weighted by Crippen LogP contribution is 2.25. The summed E-state index contributed by atoms with van der Waals surface area (Å²) < 4.78 is 5.36. The molecule has 0 spiro atoms. The van der Waals surface area contributed by atoms with Crippen molar-refractivity contribution in [1.29, 1.82) is 0 Å². The van der Waals surface area contributed by atoms with Crippen LogP contribution in [-0.4, -0.2) is 36.9 Å². The van der Waals surface area contributed by atoms with Crippen molar-refractivity contribution in [2.75, 3.05) is 31.7 Å². The normalized spacial score (nSPS) is 19.2. The second kappa shape index (κ2) is 5.80. The monoisotopic (exact) mass is 256 g/mol. The van der Waals surface area contributed by atoms with Crippen LogP contribution in [0.15, 0.2) is 5.38 Å². The molecule has 0 amide bonds. The Balaban J connectivity index is 1.91. The van der Waals surface area contributed by atoms with Crippen molar-refractivity contribution in [3.63, 3.8) is 0 Å². The lowest BCUT2D eigenvalue weighted by atomic mass is 10.0. The number of nitrogens with zero attached hydrogens (tertiary/aromatic N) is 2. The molecule has 2 heterocycles. The Kier molecular flexibility index (Phi) is 4.36. The van der Waals surface area contributed by atoms with Crippen LogP contribution < -0.4 is 4.90 Å². The molecule has 1 aromatic rings. The summed E-state index contributed by atoms with van der Waals surface area (Å²) in [5.41, 5.74) is 0.767. The zero-order valence-corrected chi connectivity index (χ0v) is 11.2. The van der Waals surface area contributed by atoms with E-state index in [2.05, 4.69) is 16.9 Å². The highest BCUT2D eigenvalue weighted by molar-refractivity contribution is 7.13. The summed E-state index contributed by atoms with van der Waals surface area (Å²) in [6.07, 6.45) is 1.80. The summed E-state index contributed by atoms with van der Waals surface area (Å²) >= 11 is 1.60. The number of aliphatic hydroxyl groups excluding tert-OH is 1. The van der Waals surface area contributed by atoms with Crippen LogP contribution in [0.2, 0.25) is 0 Å². The van der Waals surface area contributed by atoms with Crippen molar-refractivity contribution in [3.05, 3.63) is 11.1 Å². The molecule has 1 aliphatic rings. The number of aromatic nitrogens is 1. The van der Waals surface area contributed by atoms with E-state index in [4.69, 9.17) is 4.74 Å². The SMILES string of the molecule is CC(O)c1csc(N(C)CC2CCOCC2)n1. The van der Waals surface area contributed by atoms with Gasteiger partial charge in [-0.25, -0.2) is 4.98 Å². The molecular formula is C12H20N2O2S. The van der Waals surface area contributed by atoms with Crippen LogP contribution in [0.3, 0.4) is 0 Å². The van der Waals surface area contributed by atoms with Gasteiger partial charge >= 0.3 is 0 Å². The van der Waals surface area contributed by atoms with Crippen LogP contribution in [0.25, 0.3) is 0 Å². The van der Waals surface area contributed by atoms with E-state index in [0.29, 0.717) is 5.92 Å². The van der Waals surface area contributed by atoms with E-state index in [-0.39, 0.29) is 0 Å². The van der Waals surface area contributed by atoms with Crippen molar-refractivity contribution in [3.8, 4) is 0 Å². The van der Waals surface area contributed by atoms with Crippen molar-refractivity contribution in [1.82, 2.24) is 4.98 Å². The van der Waals surface area contributed by atoms with Gasteiger partial charge in [-0.05, 0) is 25.7 Å². The molecule has 0 saturated carbocycles. The molecule has 5 heteroatoms. The average molecular weight is 256 g/mol. The molecule has 0 aliphatic carbocycles. The minimum absolute atomic E-state index is 0.475. The number of ether oxygens (including phenoxy) is 1. The lowest BCUT2D eigenvalue weighted by Gasteiger charge is -2.26. The zero-order chi connectivity index (χ0) is 12.3. The molecule has 1 atom stereocenters. The van der Waals surface area contributed by atoms with Gasteiger partial charge in [-0.15, -0.1) is 11.3 Å². The molecule has 2 rings (SSSR count). The number of aliphatic hydroxyl groups is 1. The maximum absolute atomic E-state index is 9.45. The van der Waals surface area contributed by atoms with Gasteiger partial charge in [0.15, 0.2) is 5.13 Å². The second-order valence-corrected chi connectivity index (χ2v) is 5.50. The summed E-state index contributed by atoms with van der Waals surface area (Å²) in [5.74, 6) is 0.702. The van der Waals surface area contributed by atoms with Gasteiger partial charge in [0.2, 0.25) is 0 Å². The molecule has 0 aromatic carbocycles. The summed E-state index contributed by atoms with van der Waals surface area (Å²) in [4.78, 5) is 6.63. The van der Waals surface area contributed by atoms with Gasteiger partial charge in [0.25, 0.3) is 0 Å². The third-order valence-corrected chi connectivity index (χ3v) is 4.11. The minimum atomic E-state index is -0.475. The van der Waals surface area contributed by atoms with Crippen molar-refractivity contribution in [2.24, 2.45) is 5.92 Å². The van der Waals surface area contributed by atoms with Gasteiger partial charge in [0, 0.05) is 32.2 Å². The number of hydrogen-bond donors (Lipinski definition) is 1. The van der Waals surface area contributed by atoms with Gasteiger partial charge in [-0.3, -0.25) is 0 Å². The Bertz CT molecular complexity index is 348. The number of hydrogen-bond acceptors (Lipinski definition) is 5. The van der Waals surface area contributed by atoms with Gasteiger partial charge < -0.3 is 14.7 Å². The predicted octanol–water partition coefficient (Wildman–Crippen LogP) is 2.06. The molecule has 1 fully saturated rings. The molecule has 1 unspecified atom stereocenters. The fraction of sp³-hybridized carbons (Fsp3) is 0.750. The van der Waals surface area contributed by atoms with Crippen LogP contribution >= 0.6 is 11.3 Å². The lowest BCUT2D eigenvalue weighted by molar-refractivity contribution is 0.0685. The number of anilines is 1. The van der Waals surface area contributed by atoms with Crippen molar-refractivity contribution >= 4 is 16.5 Å². The third-order valence-electron chi connectivity index (χ3n) is 3.14. The Hall–Kier alpha value is -0.650. The molecule has 1 N–H and O–H groups in total. The Morgan fingerprint density at radius 3 is 2.88 bits per heavy atom. The summed E-state index contributed by atoms with van der Waals surface area (Å²) in [5, 5.41) is 12.4. The Labute approximate surface area is 106 Å². The lowest BCUT2D eigenvalue weighted by Crippen LogP contribution is -2.29. The third kappa shape index (κ3) is 3.40. The van der Waals surface area contributed by atoms with E-state index in [0.717, 1.165) is 43.4 Å². The van der Waals surface area contributed by atoms with E-state index < -0.39 is 6.10 Å². The fourth-order valence-corrected chi connectivity index (χ4v) is 2.93. The number of rotatable bonds is 4. The first-order valence-corrected chi connectivity index (χ1v) is 6.97. The van der Waals surface area contributed by atoms with E-state index >= 15 is 0 Å². The van der Waals surface area contributed by atoms with Crippen molar-refractivity contribution in [2.45, 2.75) is 25.9 Å². The molecule has 17 heavy (non-hydrogen) atoms. The Morgan fingerprint density at radius 2 is 2.29 bits per heavy atom. The summed E-state index contributed by atoms with van der Waals surface area (Å²) in [6.45, 7) is 4.54. The average Bonchev–Trinajstić information content (AvgIpc) is 2.79. The minimum Gasteiger partial charge on any atom is -0.387 e. The summed E-state index contributed by atoms with van der Waals surface area (Å²) in [7, 11) is 2.07. The van der Waals surface area contributed by atoms with Gasteiger partial charge in [-0.1, -0.05) is 0 Å². The molecular weight excluding hydrogens is 236 g/mol. The fourth-order valence-electron chi connectivity index (χ4n) is 2.04. The highest BCUT2D eigenvalue weighted by atomic mass is 32.1. The van der Waals surface area contributed by atoms with Crippen LogP contribution in [0.4, 0.5) is 5.13 Å². The maximum Gasteiger partial charge on any atom is 0.185 e. The standard InChI is InChI=1S/C12H20N2O2S/c1-9(15)11-8-17-12(13-11)14(2)7-10-3-5-16-6-4-10/h8-10,15H,3-7H2,1-2H3. The van der Waals surface area contributed by atoms with E-state index in [1.54, 1.807) is 18.3 Å². The highest BCUT2D eigenvalue weighted by Gasteiger charge is 2.18. The zero-order valence-electron chi connectivity index (χ0n) is 10.4. The molecule has 96 valence electrons. The van der Waals surface area contributed by atoms with Gasteiger partial charge in [0.05, 0.1) is 11.8 Å². The van der Waals surface area contributed by atoms with Crippen LogP contribution in [0, 0.1) is 5.92 Å². The molecule has 1 saturated heterocycles. The first kappa shape index (κ1) is 12.8. The molecule has 0 bridgehead atoms. The molecule has 1 aromatic heterocycles. The van der Waals surface area contributed by atoms with E-state index in [1.165, 1.54) is 0 Å². The van der Waals surface area contributed by atoms with E-state index in [1.807, 2.05) is 5.38 Å². The molecule has 1 aliphatic heterocycles. The van der Waals surface area contributed by atoms with Crippen molar-refractivity contribution < 1.29 is 9.84 Å². The number of thiazole rings is 1. The van der Waals surface area contributed by atoms with Crippen LogP contribution in [0.5, 0.6) is 0 Å². The maximum atomic E-state index is 9.45.